The van der Waals surface area contributed by atoms with Gasteiger partial charge in [-0.05, 0) is 25.2 Å². The van der Waals surface area contributed by atoms with E-state index in [1.54, 1.807) is 11.9 Å². The first-order valence-corrected chi connectivity index (χ1v) is 9.04. The van der Waals surface area contributed by atoms with Crippen molar-refractivity contribution in [2.45, 2.75) is 44.6 Å². The molecule has 1 fully saturated rings. The van der Waals surface area contributed by atoms with Crippen molar-refractivity contribution in [1.82, 2.24) is 4.90 Å². The third-order valence-corrected chi connectivity index (χ3v) is 4.73. The Kier molecular flexibility index (Phi) is 6.26. The highest BCUT2D eigenvalue weighted by molar-refractivity contribution is 7.90. The van der Waals surface area contributed by atoms with Crippen LogP contribution in [0.2, 0.25) is 0 Å². The summed E-state index contributed by atoms with van der Waals surface area (Å²) in [4.78, 5) is 13.7. The van der Waals surface area contributed by atoms with Crippen LogP contribution in [0.3, 0.4) is 0 Å². The van der Waals surface area contributed by atoms with Crippen LogP contribution in [-0.2, 0) is 14.6 Å². The summed E-state index contributed by atoms with van der Waals surface area (Å²) >= 11 is 0. The second-order valence-corrected chi connectivity index (χ2v) is 8.01. The van der Waals surface area contributed by atoms with Crippen LogP contribution in [0.1, 0.15) is 38.5 Å². The van der Waals surface area contributed by atoms with Gasteiger partial charge < -0.3 is 10.6 Å². The molecule has 0 aromatic rings. The first-order chi connectivity index (χ1) is 8.79. The molecule has 1 rings (SSSR count). The highest BCUT2D eigenvalue weighted by atomic mass is 32.2. The van der Waals surface area contributed by atoms with Gasteiger partial charge in [-0.1, -0.05) is 19.3 Å². The number of hydrogen-bond acceptors (Lipinski definition) is 4. The van der Waals surface area contributed by atoms with Gasteiger partial charge in [-0.25, -0.2) is 8.42 Å². The molecule has 1 aliphatic rings. The number of amides is 1. The lowest BCUT2D eigenvalue weighted by atomic mass is 9.89. The van der Waals surface area contributed by atoms with Crippen LogP contribution in [0.5, 0.6) is 0 Å². The molecule has 1 aliphatic carbocycles. The molecule has 1 amide bonds. The summed E-state index contributed by atoms with van der Waals surface area (Å²) in [6, 6.07) is -0.705. The Morgan fingerprint density at radius 3 is 2.42 bits per heavy atom. The first kappa shape index (κ1) is 16.4. The molecule has 5 nitrogen and oxygen atoms in total. The molecule has 19 heavy (non-hydrogen) atoms. The molecule has 0 heterocycles. The zero-order valence-electron chi connectivity index (χ0n) is 12.0. The van der Waals surface area contributed by atoms with Crippen LogP contribution in [0.25, 0.3) is 0 Å². The van der Waals surface area contributed by atoms with Gasteiger partial charge in [-0.2, -0.15) is 0 Å². The van der Waals surface area contributed by atoms with E-state index in [1.165, 1.54) is 32.1 Å². The van der Waals surface area contributed by atoms with Gasteiger partial charge in [-0.15, -0.1) is 0 Å². The van der Waals surface area contributed by atoms with Crippen LogP contribution in [-0.4, -0.2) is 50.9 Å². The molecule has 0 saturated heterocycles. The van der Waals surface area contributed by atoms with E-state index in [0.29, 0.717) is 5.92 Å². The number of rotatable bonds is 6. The molecule has 1 saturated carbocycles. The van der Waals surface area contributed by atoms with Crippen molar-refractivity contribution in [1.29, 1.82) is 0 Å². The number of hydrogen-bond donors (Lipinski definition) is 1. The van der Waals surface area contributed by atoms with Gasteiger partial charge in [0.1, 0.15) is 9.84 Å². The maximum atomic E-state index is 12.0. The van der Waals surface area contributed by atoms with E-state index in [-0.39, 0.29) is 18.1 Å². The average Bonchev–Trinajstić information content (AvgIpc) is 2.35. The van der Waals surface area contributed by atoms with Crippen LogP contribution >= 0.6 is 0 Å². The maximum absolute atomic E-state index is 12.0. The van der Waals surface area contributed by atoms with E-state index in [4.69, 9.17) is 5.73 Å². The summed E-state index contributed by atoms with van der Waals surface area (Å²) in [6.07, 6.45) is 7.50. The quantitative estimate of drug-likeness (QED) is 0.784. The Morgan fingerprint density at radius 2 is 1.89 bits per heavy atom. The van der Waals surface area contributed by atoms with Crippen LogP contribution < -0.4 is 5.73 Å². The van der Waals surface area contributed by atoms with Gasteiger partial charge in [0.2, 0.25) is 5.91 Å². The summed E-state index contributed by atoms with van der Waals surface area (Å²) in [5, 5.41) is 0. The predicted octanol–water partition coefficient (Wildman–Crippen LogP) is 0.787. The lowest BCUT2D eigenvalue weighted by Gasteiger charge is -2.28. The van der Waals surface area contributed by atoms with Gasteiger partial charge >= 0.3 is 0 Å². The van der Waals surface area contributed by atoms with E-state index in [2.05, 4.69) is 0 Å². The van der Waals surface area contributed by atoms with Gasteiger partial charge in [0.25, 0.3) is 0 Å². The molecule has 1 atom stereocenters. The number of nitrogens with zero attached hydrogens (tertiary/aromatic N) is 1. The molecule has 6 heteroatoms. The van der Waals surface area contributed by atoms with Crippen LogP contribution in [0.4, 0.5) is 0 Å². The molecule has 0 aromatic heterocycles. The number of sulfone groups is 1. The molecule has 0 aliphatic heterocycles. The molecular weight excluding hydrogens is 264 g/mol. The average molecular weight is 290 g/mol. The van der Waals surface area contributed by atoms with Crippen molar-refractivity contribution >= 4 is 15.7 Å². The van der Waals surface area contributed by atoms with Crippen molar-refractivity contribution < 1.29 is 13.2 Å². The number of nitrogens with two attached hydrogens (primary N) is 1. The highest BCUT2D eigenvalue weighted by Gasteiger charge is 2.22. The minimum absolute atomic E-state index is 0.0306. The standard InChI is InChI=1S/C13H26N2O3S/c1-15(10-11-6-4-3-5-7-11)13(16)12(14)8-9-19(2,17)18/h11-12H,3-10,14H2,1-2H3. The summed E-state index contributed by atoms with van der Waals surface area (Å²) < 4.78 is 22.1. The van der Waals surface area contributed by atoms with Crippen molar-refractivity contribution in [3.63, 3.8) is 0 Å². The fraction of sp³-hybridized carbons (Fsp3) is 0.923. The Morgan fingerprint density at radius 1 is 1.32 bits per heavy atom. The molecule has 0 radical (unpaired) electrons. The lowest BCUT2D eigenvalue weighted by molar-refractivity contribution is -0.132. The molecule has 0 spiro atoms. The molecule has 0 bridgehead atoms. The van der Waals surface area contributed by atoms with Crippen molar-refractivity contribution in [2.75, 3.05) is 25.6 Å². The van der Waals surface area contributed by atoms with E-state index >= 15 is 0 Å². The normalized spacial score (nSPS) is 19.1. The van der Waals surface area contributed by atoms with Crippen LogP contribution in [0.15, 0.2) is 0 Å². The number of likely N-dealkylation sites (N-methyl/N-ethyl adjacent to an activating group) is 1. The third-order valence-electron chi connectivity index (χ3n) is 3.75. The highest BCUT2D eigenvalue weighted by Crippen LogP contribution is 2.24. The van der Waals surface area contributed by atoms with Crippen molar-refractivity contribution in [3.8, 4) is 0 Å². The van der Waals surface area contributed by atoms with Gasteiger partial charge in [0, 0.05) is 19.8 Å². The smallest absolute Gasteiger partial charge is 0.239 e. The monoisotopic (exact) mass is 290 g/mol. The number of carbonyl (C=O) groups is 1. The Labute approximate surface area is 116 Å². The first-order valence-electron chi connectivity index (χ1n) is 6.98. The minimum Gasteiger partial charge on any atom is -0.344 e. The molecule has 0 aromatic carbocycles. The molecule has 112 valence electrons. The predicted molar refractivity (Wildman–Crippen MR) is 76.5 cm³/mol. The topological polar surface area (TPSA) is 80.5 Å². The van der Waals surface area contributed by atoms with Gasteiger partial charge in [0.05, 0.1) is 11.8 Å². The van der Waals surface area contributed by atoms with Gasteiger partial charge in [-0.3, -0.25) is 4.79 Å². The van der Waals surface area contributed by atoms with Crippen molar-refractivity contribution in [2.24, 2.45) is 11.7 Å². The second kappa shape index (κ2) is 7.24. The Hall–Kier alpha value is -0.620. The van der Waals surface area contributed by atoms with Crippen molar-refractivity contribution in [3.05, 3.63) is 0 Å². The van der Waals surface area contributed by atoms with E-state index in [1.807, 2.05) is 0 Å². The second-order valence-electron chi connectivity index (χ2n) is 5.75. The summed E-state index contributed by atoms with van der Waals surface area (Å²) in [5.74, 6) is 0.399. The number of carbonyl (C=O) groups excluding carboxylic acids is 1. The Bertz CT molecular complexity index is 389. The SMILES string of the molecule is CN(CC1CCCCC1)C(=O)C(N)CCS(C)(=O)=O. The minimum atomic E-state index is -3.06. The van der Waals surface area contributed by atoms with E-state index in [0.717, 1.165) is 12.8 Å². The lowest BCUT2D eigenvalue weighted by Crippen LogP contribution is -2.44. The third kappa shape index (κ3) is 6.38. The fourth-order valence-corrected chi connectivity index (χ4v) is 3.28. The maximum Gasteiger partial charge on any atom is 0.239 e. The van der Waals surface area contributed by atoms with Crippen LogP contribution in [0, 0.1) is 5.92 Å². The molecule has 1 unspecified atom stereocenters. The summed E-state index contributed by atoms with van der Waals surface area (Å²) in [5.41, 5.74) is 5.77. The fourth-order valence-electron chi connectivity index (χ4n) is 2.59. The van der Waals surface area contributed by atoms with Gasteiger partial charge in [0.15, 0.2) is 0 Å². The molecule has 2 N–H and O–H groups in total. The summed E-state index contributed by atoms with van der Waals surface area (Å²) in [7, 11) is -1.30. The zero-order chi connectivity index (χ0) is 14.5. The summed E-state index contributed by atoms with van der Waals surface area (Å²) in [6.45, 7) is 0.741. The van der Waals surface area contributed by atoms with E-state index < -0.39 is 15.9 Å². The Balaban J connectivity index is 2.37. The molecular formula is C13H26N2O3S. The van der Waals surface area contributed by atoms with E-state index in [9.17, 15) is 13.2 Å². The largest absolute Gasteiger partial charge is 0.344 e. The zero-order valence-corrected chi connectivity index (χ0v) is 12.8.